The number of rotatable bonds is 2. The van der Waals surface area contributed by atoms with Gasteiger partial charge in [-0.05, 0) is 51.7 Å². The predicted molar refractivity (Wildman–Crippen MR) is 95.3 cm³/mol. The average molecular weight is 383 g/mol. The lowest BCUT2D eigenvalue weighted by atomic mass is 9.98. The zero-order chi connectivity index (χ0) is 19.8. The van der Waals surface area contributed by atoms with Crippen LogP contribution in [0.2, 0.25) is 0 Å². The van der Waals surface area contributed by atoms with Gasteiger partial charge in [0.25, 0.3) is 0 Å². The van der Waals surface area contributed by atoms with Crippen LogP contribution < -0.4 is 0 Å². The van der Waals surface area contributed by atoms with Crippen LogP contribution in [0.4, 0.5) is 18.0 Å². The number of benzene rings is 1. The molecule has 5 nitrogen and oxygen atoms in total. The van der Waals surface area contributed by atoms with Crippen molar-refractivity contribution in [3.63, 3.8) is 0 Å². The monoisotopic (exact) mass is 383 g/mol. The molecule has 0 radical (unpaired) electrons. The van der Waals surface area contributed by atoms with Crippen molar-refractivity contribution in [1.29, 1.82) is 0 Å². The minimum Gasteiger partial charge on any atom is -0.444 e. The third kappa shape index (κ3) is 4.54. The van der Waals surface area contributed by atoms with Crippen molar-refractivity contribution in [1.82, 2.24) is 14.5 Å². The number of amides is 1. The molecule has 8 heteroatoms. The summed E-state index contributed by atoms with van der Waals surface area (Å²) in [5, 5.41) is 0. The molecule has 148 valence electrons. The average Bonchev–Trinajstić information content (AvgIpc) is 2.93. The van der Waals surface area contributed by atoms with Crippen LogP contribution in [0.3, 0.4) is 0 Å². The summed E-state index contributed by atoms with van der Waals surface area (Å²) in [4.78, 5) is 17.7. The molecule has 1 saturated heterocycles. The van der Waals surface area contributed by atoms with Gasteiger partial charge in [0.15, 0.2) is 0 Å². The zero-order valence-electron chi connectivity index (χ0n) is 15.7. The van der Waals surface area contributed by atoms with E-state index in [1.807, 2.05) is 0 Å². The van der Waals surface area contributed by atoms with E-state index in [1.165, 1.54) is 4.57 Å². The molecule has 27 heavy (non-hydrogen) atoms. The smallest absolute Gasteiger partial charge is 0.444 e. The molecule has 1 aromatic heterocycles. The van der Waals surface area contributed by atoms with E-state index in [1.54, 1.807) is 49.9 Å². The number of carbonyl (C=O) groups excluding carboxylic acids is 1. The third-order valence-corrected chi connectivity index (χ3v) is 4.52. The Morgan fingerprint density at radius 3 is 2.63 bits per heavy atom. The van der Waals surface area contributed by atoms with Crippen LogP contribution in [0.5, 0.6) is 0 Å². The van der Waals surface area contributed by atoms with Crippen molar-refractivity contribution < 1.29 is 22.7 Å². The summed E-state index contributed by atoms with van der Waals surface area (Å²) < 4.78 is 47.0. The van der Waals surface area contributed by atoms with Gasteiger partial charge in [-0.15, -0.1) is 0 Å². The molecule has 1 aromatic carbocycles. The maximum atomic E-state index is 13.5. The standard InChI is InChI=1S/C19H24F3N3O2/c1-18(2,3)27-17(26)24-10-6-7-13(11-24)12-25-15-9-5-4-8-14(15)23-16(25)19(20,21)22/h4-5,8-9,13H,6-7,10-12H2,1-3H3. The first-order valence-electron chi connectivity index (χ1n) is 9.05. The molecule has 0 spiro atoms. The molecular weight excluding hydrogens is 359 g/mol. The van der Waals surface area contributed by atoms with Gasteiger partial charge in [0, 0.05) is 19.6 Å². The maximum Gasteiger partial charge on any atom is 0.449 e. The van der Waals surface area contributed by atoms with Crippen molar-refractivity contribution in [3.05, 3.63) is 30.1 Å². The summed E-state index contributed by atoms with van der Waals surface area (Å²) in [5.41, 5.74) is 0.178. The second-order valence-corrected chi connectivity index (χ2v) is 7.97. The number of para-hydroxylation sites is 2. The van der Waals surface area contributed by atoms with Crippen molar-refractivity contribution in [2.24, 2.45) is 5.92 Å². The Morgan fingerprint density at radius 1 is 1.26 bits per heavy atom. The minimum atomic E-state index is -4.53. The van der Waals surface area contributed by atoms with Gasteiger partial charge in [-0.1, -0.05) is 12.1 Å². The van der Waals surface area contributed by atoms with Gasteiger partial charge in [-0.25, -0.2) is 9.78 Å². The van der Waals surface area contributed by atoms with E-state index >= 15 is 0 Å². The van der Waals surface area contributed by atoms with Crippen molar-refractivity contribution in [3.8, 4) is 0 Å². The Morgan fingerprint density at radius 2 is 1.96 bits per heavy atom. The van der Waals surface area contributed by atoms with Gasteiger partial charge in [-0.3, -0.25) is 0 Å². The van der Waals surface area contributed by atoms with Gasteiger partial charge in [0.05, 0.1) is 11.0 Å². The number of nitrogens with zero attached hydrogens (tertiary/aromatic N) is 3. The summed E-state index contributed by atoms with van der Waals surface area (Å²) in [5.74, 6) is -0.983. The first-order chi connectivity index (χ1) is 12.5. The molecule has 1 aliphatic rings. The Hall–Kier alpha value is -2.25. The van der Waals surface area contributed by atoms with Gasteiger partial charge < -0.3 is 14.2 Å². The number of fused-ring (bicyclic) bond motifs is 1. The van der Waals surface area contributed by atoms with E-state index < -0.39 is 23.7 Å². The molecule has 2 aromatic rings. The molecule has 0 bridgehead atoms. The fourth-order valence-corrected chi connectivity index (χ4v) is 3.44. The number of halogens is 3. The molecule has 3 rings (SSSR count). The van der Waals surface area contributed by atoms with E-state index in [0.717, 1.165) is 12.8 Å². The van der Waals surface area contributed by atoms with E-state index in [0.29, 0.717) is 24.1 Å². The molecule has 0 N–H and O–H groups in total. The number of aromatic nitrogens is 2. The lowest BCUT2D eigenvalue weighted by Crippen LogP contribution is -2.43. The Bertz CT molecular complexity index is 824. The second-order valence-electron chi connectivity index (χ2n) is 7.97. The van der Waals surface area contributed by atoms with Gasteiger partial charge in [0.2, 0.25) is 5.82 Å². The van der Waals surface area contributed by atoms with Gasteiger partial charge >= 0.3 is 12.3 Å². The highest BCUT2D eigenvalue weighted by molar-refractivity contribution is 5.76. The van der Waals surface area contributed by atoms with Crippen LogP contribution in [0.1, 0.15) is 39.4 Å². The van der Waals surface area contributed by atoms with Crippen molar-refractivity contribution >= 4 is 17.1 Å². The number of alkyl halides is 3. The highest BCUT2D eigenvalue weighted by Crippen LogP contribution is 2.33. The third-order valence-electron chi connectivity index (χ3n) is 4.52. The van der Waals surface area contributed by atoms with Gasteiger partial charge in [0.1, 0.15) is 5.60 Å². The number of ether oxygens (including phenoxy) is 1. The fourth-order valence-electron chi connectivity index (χ4n) is 3.44. The predicted octanol–water partition coefficient (Wildman–Crippen LogP) is 4.70. The highest BCUT2D eigenvalue weighted by Gasteiger charge is 2.38. The first kappa shape index (κ1) is 19.5. The quantitative estimate of drug-likeness (QED) is 0.755. The van der Waals surface area contributed by atoms with Crippen LogP contribution in [0, 0.1) is 5.92 Å². The van der Waals surface area contributed by atoms with Crippen molar-refractivity contribution in [2.45, 2.75) is 51.9 Å². The normalized spacial score (nSPS) is 18.7. The molecule has 0 aliphatic carbocycles. The van der Waals surface area contributed by atoms with Crippen LogP contribution in [-0.2, 0) is 17.5 Å². The van der Waals surface area contributed by atoms with Crippen LogP contribution in [-0.4, -0.2) is 39.2 Å². The molecule has 1 unspecified atom stereocenters. The number of carbonyl (C=O) groups is 1. The summed E-state index contributed by atoms with van der Waals surface area (Å²) in [6.07, 6.45) is -3.46. The molecule has 1 fully saturated rings. The lowest BCUT2D eigenvalue weighted by Gasteiger charge is -2.34. The Labute approximate surface area is 156 Å². The molecular formula is C19H24F3N3O2. The highest BCUT2D eigenvalue weighted by atomic mass is 19.4. The van der Waals surface area contributed by atoms with Crippen LogP contribution in [0.15, 0.2) is 24.3 Å². The number of hydrogen-bond donors (Lipinski definition) is 0. The van der Waals surface area contributed by atoms with Crippen molar-refractivity contribution in [2.75, 3.05) is 13.1 Å². The van der Waals surface area contributed by atoms with E-state index in [9.17, 15) is 18.0 Å². The number of piperidine rings is 1. The minimum absolute atomic E-state index is 0.0926. The summed E-state index contributed by atoms with van der Waals surface area (Å²) in [6.45, 7) is 6.47. The molecule has 0 saturated carbocycles. The maximum absolute atomic E-state index is 13.5. The summed E-state index contributed by atoms with van der Waals surface area (Å²) in [7, 11) is 0. The zero-order valence-corrected chi connectivity index (χ0v) is 15.7. The number of imidazole rings is 1. The van der Waals surface area contributed by atoms with Crippen LogP contribution >= 0.6 is 0 Å². The fraction of sp³-hybridized carbons (Fsp3) is 0.579. The molecule has 1 amide bonds. The number of likely N-dealkylation sites (tertiary alicyclic amines) is 1. The Kier molecular flexibility index (Phi) is 5.10. The van der Waals surface area contributed by atoms with E-state index in [4.69, 9.17) is 4.74 Å². The Balaban J connectivity index is 1.82. The summed E-state index contributed by atoms with van der Waals surface area (Å²) >= 11 is 0. The largest absolute Gasteiger partial charge is 0.449 e. The SMILES string of the molecule is CC(C)(C)OC(=O)N1CCCC(Cn2c(C(F)(F)F)nc3ccccc32)C1. The molecule has 1 aliphatic heterocycles. The first-order valence-corrected chi connectivity index (χ1v) is 9.05. The van der Waals surface area contributed by atoms with Crippen LogP contribution in [0.25, 0.3) is 11.0 Å². The lowest BCUT2D eigenvalue weighted by molar-refractivity contribution is -0.147. The van der Waals surface area contributed by atoms with E-state index in [2.05, 4.69) is 4.98 Å². The number of hydrogen-bond acceptors (Lipinski definition) is 3. The molecule has 2 heterocycles. The van der Waals surface area contributed by atoms with E-state index in [-0.39, 0.29) is 12.5 Å². The van der Waals surface area contributed by atoms with Gasteiger partial charge in [-0.2, -0.15) is 13.2 Å². The summed E-state index contributed by atoms with van der Waals surface area (Å²) in [6, 6.07) is 6.60. The topological polar surface area (TPSA) is 47.4 Å². The second kappa shape index (κ2) is 7.05. The molecule has 1 atom stereocenters.